The van der Waals surface area contributed by atoms with Crippen LogP contribution in [0.15, 0.2) is 24.3 Å². The van der Waals surface area contributed by atoms with Crippen molar-refractivity contribution >= 4 is 11.6 Å². The molecule has 8 atom stereocenters. The molecule has 32 heavy (non-hydrogen) atoms. The maximum atomic E-state index is 13.7. The Kier molecular flexibility index (Phi) is 4.84. The van der Waals surface area contributed by atoms with Crippen LogP contribution in [0.1, 0.15) is 68.4 Å². The molecule has 0 aromatic heterocycles. The van der Waals surface area contributed by atoms with Gasteiger partial charge in [-0.3, -0.25) is 9.59 Å². The highest BCUT2D eigenvalue weighted by atomic mass is 19.4. The fraction of sp³-hybridized carbons (Fsp3) is 0.692. The monoisotopic (exact) mass is 445 g/mol. The van der Waals surface area contributed by atoms with Crippen molar-refractivity contribution in [1.82, 2.24) is 5.32 Å². The lowest BCUT2D eigenvalue weighted by Crippen LogP contribution is -2.58. The molecule has 172 valence electrons. The molecule has 1 aliphatic heterocycles. The molecule has 0 spiro atoms. The number of hydrogen-bond donors (Lipinski definition) is 1. The Morgan fingerprint density at radius 1 is 0.750 bits per heavy atom. The Labute approximate surface area is 186 Å². The summed E-state index contributed by atoms with van der Waals surface area (Å²) in [4.78, 5) is 27.4. The average molecular weight is 446 g/mol. The Morgan fingerprint density at radius 2 is 1.28 bits per heavy atom. The molecular weight excluding hydrogens is 415 g/mol. The number of alkyl halides is 3. The maximum absolute atomic E-state index is 13.7. The van der Waals surface area contributed by atoms with Crippen molar-refractivity contribution in [2.24, 2.45) is 35.5 Å². The van der Waals surface area contributed by atoms with Crippen molar-refractivity contribution in [2.75, 3.05) is 0 Å². The molecule has 1 heterocycles. The van der Waals surface area contributed by atoms with E-state index in [-0.39, 0.29) is 47.3 Å². The van der Waals surface area contributed by atoms with Crippen LogP contribution in [0.3, 0.4) is 0 Å². The first-order valence-electron chi connectivity index (χ1n) is 12.4. The molecule has 1 aromatic carbocycles. The van der Waals surface area contributed by atoms with Gasteiger partial charge >= 0.3 is 6.18 Å². The third-order valence-electron chi connectivity index (χ3n) is 9.48. The molecule has 1 aromatic rings. The van der Waals surface area contributed by atoms with Crippen LogP contribution in [-0.4, -0.2) is 23.7 Å². The van der Waals surface area contributed by atoms with Gasteiger partial charge in [0.15, 0.2) is 0 Å². The Hall–Kier alpha value is -1.69. The second-order valence-corrected chi connectivity index (χ2v) is 10.8. The SMILES string of the molecule is O=C1C2CCCCC2C2NC3C4CCCCC4C(=O)C3C(c3cccc(C(F)(F)F)c3)C12. The summed E-state index contributed by atoms with van der Waals surface area (Å²) in [5, 5.41) is 3.82. The van der Waals surface area contributed by atoms with E-state index in [9.17, 15) is 22.8 Å². The number of benzene rings is 1. The van der Waals surface area contributed by atoms with Crippen LogP contribution in [0.5, 0.6) is 0 Å². The summed E-state index contributed by atoms with van der Waals surface area (Å²) < 4.78 is 40.7. The largest absolute Gasteiger partial charge is 0.416 e. The van der Waals surface area contributed by atoms with Gasteiger partial charge in [-0.05, 0) is 49.1 Å². The van der Waals surface area contributed by atoms with Gasteiger partial charge in [0.1, 0.15) is 11.6 Å². The van der Waals surface area contributed by atoms with E-state index in [0.717, 1.165) is 57.4 Å². The summed E-state index contributed by atoms with van der Waals surface area (Å²) in [5.74, 6) is -0.335. The number of piperidine rings is 1. The number of fused-ring (bicyclic) bond motifs is 6. The maximum Gasteiger partial charge on any atom is 0.416 e. The highest BCUT2D eigenvalue weighted by Crippen LogP contribution is 2.58. The van der Waals surface area contributed by atoms with E-state index in [4.69, 9.17) is 0 Å². The van der Waals surface area contributed by atoms with Crippen molar-refractivity contribution in [3.8, 4) is 0 Å². The standard InChI is InChI=1S/C26H30F3NO2/c27-26(28,29)14-7-5-6-13(12-14)19-20-22(15-8-1-3-10-17(15)24(20)31)30-23-16-9-2-4-11-18(16)25(32)21(19)23/h5-7,12,15-23,30H,1-4,8-11H2. The number of carbonyl (C=O) groups is 2. The Morgan fingerprint density at radius 3 is 1.81 bits per heavy atom. The van der Waals surface area contributed by atoms with E-state index in [1.54, 1.807) is 6.07 Å². The lowest BCUT2D eigenvalue weighted by atomic mass is 9.67. The molecule has 0 bridgehead atoms. The quantitative estimate of drug-likeness (QED) is 0.651. The predicted octanol–water partition coefficient (Wildman–Crippen LogP) is 5.14. The number of halogens is 3. The summed E-state index contributed by atoms with van der Waals surface area (Å²) in [6.07, 6.45) is 3.60. The van der Waals surface area contributed by atoms with Crippen molar-refractivity contribution in [3.05, 3.63) is 35.4 Å². The lowest BCUT2D eigenvalue weighted by Gasteiger charge is -2.45. The third-order valence-corrected chi connectivity index (χ3v) is 9.48. The molecule has 4 aliphatic carbocycles. The number of nitrogens with one attached hydrogen (secondary N) is 1. The molecule has 5 fully saturated rings. The third kappa shape index (κ3) is 2.97. The normalized spacial score (nSPS) is 43.4. The van der Waals surface area contributed by atoms with E-state index >= 15 is 0 Å². The van der Waals surface area contributed by atoms with Gasteiger partial charge in [0, 0.05) is 41.7 Å². The van der Waals surface area contributed by atoms with E-state index < -0.39 is 29.5 Å². The van der Waals surface area contributed by atoms with Gasteiger partial charge in [-0.15, -0.1) is 0 Å². The lowest BCUT2D eigenvalue weighted by molar-refractivity contribution is -0.137. The summed E-state index contributed by atoms with van der Waals surface area (Å²) in [6.45, 7) is 0. The van der Waals surface area contributed by atoms with Crippen molar-refractivity contribution in [3.63, 3.8) is 0 Å². The second kappa shape index (κ2) is 7.41. The van der Waals surface area contributed by atoms with Crippen molar-refractivity contribution < 1.29 is 22.8 Å². The van der Waals surface area contributed by atoms with E-state index in [1.165, 1.54) is 12.1 Å². The first-order valence-corrected chi connectivity index (χ1v) is 12.4. The first kappa shape index (κ1) is 20.9. The Balaban J connectivity index is 1.48. The minimum Gasteiger partial charge on any atom is -0.309 e. The van der Waals surface area contributed by atoms with Crippen LogP contribution in [0, 0.1) is 35.5 Å². The summed E-state index contributed by atoms with van der Waals surface area (Å²) in [6, 6.07) is 5.46. The fourth-order valence-corrected chi connectivity index (χ4v) is 8.30. The van der Waals surface area contributed by atoms with Gasteiger partial charge in [-0.25, -0.2) is 0 Å². The summed E-state index contributed by atoms with van der Waals surface area (Å²) in [7, 11) is 0. The number of hydrogen-bond acceptors (Lipinski definition) is 3. The number of Topliss-reactive ketones (excluding diaryl/α,β-unsaturated/α-hetero) is 2. The second-order valence-electron chi connectivity index (χ2n) is 10.8. The number of ketones is 2. The molecule has 0 amide bonds. The summed E-state index contributed by atoms with van der Waals surface area (Å²) in [5.41, 5.74) is -0.155. The highest BCUT2D eigenvalue weighted by molar-refractivity contribution is 5.93. The molecule has 3 nitrogen and oxygen atoms in total. The first-order chi connectivity index (χ1) is 15.4. The van der Waals surface area contributed by atoms with Crippen LogP contribution in [0.25, 0.3) is 0 Å². The molecule has 1 saturated heterocycles. The van der Waals surface area contributed by atoms with Crippen LogP contribution in [-0.2, 0) is 15.8 Å². The van der Waals surface area contributed by atoms with E-state index in [2.05, 4.69) is 5.32 Å². The molecule has 8 unspecified atom stereocenters. The van der Waals surface area contributed by atoms with Crippen LogP contribution >= 0.6 is 0 Å². The molecular formula is C26H30F3NO2. The smallest absolute Gasteiger partial charge is 0.309 e. The van der Waals surface area contributed by atoms with Crippen molar-refractivity contribution in [1.29, 1.82) is 0 Å². The zero-order valence-corrected chi connectivity index (χ0v) is 18.1. The molecule has 5 aliphatic rings. The summed E-state index contributed by atoms with van der Waals surface area (Å²) >= 11 is 0. The van der Waals surface area contributed by atoms with Crippen LogP contribution in [0.2, 0.25) is 0 Å². The molecule has 0 radical (unpaired) electrons. The van der Waals surface area contributed by atoms with Gasteiger partial charge < -0.3 is 5.32 Å². The number of carbonyl (C=O) groups excluding carboxylic acids is 2. The molecule has 6 rings (SSSR count). The molecule has 1 N–H and O–H groups in total. The minimum absolute atomic E-state index is 0.00405. The average Bonchev–Trinajstić information content (AvgIpc) is 3.25. The zero-order chi connectivity index (χ0) is 22.2. The molecule has 4 saturated carbocycles. The van der Waals surface area contributed by atoms with Crippen LogP contribution in [0.4, 0.5) is 13.2 Å². The van der Waals surface area contributed by atoms with Gasteiger partial charge in [0.05, 0.1) is 5.56 Å². The zero-order valence-electron chi connectivity index (χ0n) is 18.1. The van der Waals surface area contributed by atoms with Gasteiger partial charge in [0.2, 0.25) is 0 Å². The Bertz CT molecular complexity index is 897. The van der Waals surface area contributed by atoms with Crippen molar-refractivity contribution in [2.45, 2.75) is 75.5 Å². The predicted molar refractivity (Wildman–Crippen MR) is 113 cm³/mol. The van der Waals surface area contributed by atoms with Gasteiger partial charge in [-0.1, -0.05) is 43.9 Å². The fourth-order valence-electron chi connectivity index (χ4n) is 8.30. The minimum atomic E-state index is -4.44. The van der Waals surface area contributed by atoms with Gasteiger partial charge in [-0.2, -0.15) is 13.2 Å². The van der Waals surface area contributed by atoms with E-state index in [1.807, 2.05) is 0 Å². The van der Waals surface area contributed by atoms with Crippen LogP contribution < -0.4 is 5.32 Å². The molecule has 6 heteroatoms. The number of rotatable bonds is 1. The highest BCUT2D eigenvalue weighted by Gasteiger charge is 2.64. The van der Waals surface area contributed by atoms with E-state index in [0.29, 0.717) is 5.56 Å². The van der Waals surface area contributed by atoms with Gasteiger partial charge in [0.25, 0.3) is 0 Å². The topological polar surface area (TPSA) is 46.2 Å².